The number of carbonyl (C=O) groups excluding carboxylic acids is 2. The zero-order valence-corrected chi connectivity index (χ0v) is 18.6. The van der Waals surface area contributed by atoms with Gasteiger partial charge in [-0.3, -0.25) is 19.6 Å². The second kappa shape index (κ2) is 7.09. The van der Waals surface area contributed by atoms with Crippen LogP contribution < -0.4 is 0 Å². The molecular formula is C28H20N2O4. The number of hydrogen-bond donors (Lipinski definition) is 0. The maximum atomic E-state index is 14.2. The lowest BCUT2D eigenvalue weighted by atomic mass is 9.54. The summed E-state index contributed by atoms with van der Waals surface area (Å²) in [5.74, 6) is -1.13. The molecule has 6 rings (SSSR count). The lowest BCUT2D eigenvalue weighted by Gasteiger charge is -2.44. The van der Waals surface area contributed by atoms with Crippen LogP contribution in [0.15, 0.2) is 85.2 Å². The van der Waals surface area contributed by atoms with Crippen LogP contribution in [-0.4, -0.2) is 36.1 Å². The van der Waals surface area contributed by atoms with Crippen molar-refractivity contribution < 1.29 is 19.1 Å². The first kappa shape index (κ1) is 20.3. The predicted octanol–water partition coefficient (Wildman–Crippen LogP) is 4.06. The van der Waals surface area contributed by atoms with Crippen LogP contribution in [0.2, 0.25) is 0 Å². The third-order valence-electron chi connectivity index (χ3n) is 7.14. The first-order chi connectivity index (χ1) is 16.6. The number of fused-ring (bicyclic) bond motifs is 6. The molecule has 0 aliphatic heterocycles. The Balaban J connectivity index is 1.91. The molecule has 2 heterocycles. The predicted molar refractivity (Wildman–Crippen MR) is 125 cm³/mol. The maximum Gasteiger partial charge on any atom is 0.322 e. The van der Waals surface area contributed by atoms with E-state index in [9.17, 15) is 9.59 Å². The van der Waals surface area contributed by atoms with Crippen molar-refractivity contribution in [3.05, 3.63) is 107 Å². The molecule has 6 heteroatoms. The summed E-state index contributed by atoms with van der Waals surface area (Å²) in [6.07, 6.45) is 3.37. The van der Waals surface area contributed by atoms with E-state index in [1.807, 2.05) is 60.7 Å². The van der Waals surface area contributed by atoms with Crippen molar-refractivity contribution in [1.29, 1.82) is 0 Å². The number of pyridine rings is 2. The van der Waals surface area contributed by atoms with Gasteiger partial charge in [0.25, 0.3) is 0 Å². The molecule has 0 fully saturated rings. The van der Waals surface area contributed by atoms with Crippen molar-refractivity contribution in [2.75, 3.05) is 14.2 Å². The van der Waals surface area contributed by atoms with Crippen LogP contribution in [-0.2, 0) is 29.9 Å². The molecule has 166 valence electrons. The normalized spacial score (nSPS) is 21.1. The van der Waals surface area contributed by atoms with Gasteiger partial charge in [-0.1, -0.05) is 60.7 Å². The van der Waals surface area contributed by atoms with Crippen LogP contribution in [0, 0.1) is 0 Å². The summed E-state index contributed by atoms with van der Waals surface area (Å²) in [6, 6.07) is 22.3. The fraction of sp³-hybridized carbons (Fsp3) is 0.143. The lowest BCUT2D eigenvalue weighted by molar-refractivity contribution is -0.158. The van der Waals surface area contributed by atoms with E-state index in [2.05, 4.69) is 9.97 Å². The van der Waals surface area contributed by atoms with Crippen LogP contribution in [0.4, 0.5) is 0 Å². The Morgan fingerprint density at radius 3 is 1.38 bits per heavy atom. The third-order valence-corrected chi connectivity index (χ3v) is 7.14. The van der Waals surface area contributed by atoms with Gasteiger partial charge in [-0.15, -0.1) is 0 Å². The minimum absolute atomic E-state index is 0.566. The molecule has 2 aliphatic carbocycles. The number of ether oxygens (including phenoxy) is 2. The SMILES string of the molecule is COC(=O)C1(C2(C(=O)OC)c3ccccc3-c3ncccc32)c2ccccc2-c2ncccc21. The van der Waals surface area contributed by atoms with E-state index < -0.39 is 22.8 Å². The van der Waals surface area contributed by atoms with E-state index in [1.165, 1.54) is 14.2 Å². The molecule has 4 aromatic rings. The molecule has 0 bridgehead atoms. The summed E-state index contributed by atoms with van der Waals surface area (Å²) < 4.78 is 11.0. The lowest BCUT2D eigenvalue weighted by Crippen LogP contribution is -2.59. The number of hydrogen-bond acceptors (Lipinski definition) is 6. The van der Waals surface area contributed by atoms with Gasteiger partial charge < -0.3 is 9.47 Å². The smallest absolute Gasteiger partial charge is 0.322 e. The van der Waals surface area contributed by atoms with Gasteiger partial charge in [-0.05, 0) is 23.3 Å². The van der Waals surface area contributed by atoms with E-state index in [-0.39, 0.29) is 0 Å². The zero-order valence-electron chi connectivity index (χ0n) is 18.6. The average molecular weight is 448 g/mol. The standard InChI is InChI=1S/C28H20N2O4/c1-33-25(31)27(19-11-5-3-9-17(19)23-21(27)13-7-15-29-23)28(26(32)34-2)20-12-6-4-10-18(20)24-22(28)14-8-16-30-24/h3-16H,1-2H3. The van der Waals surface area contributed by atoms with Crippen LogP contribution in [0.5, 0.6) is 0 Å². The van der Waals surface area contributed by atoms with Crippen molar-refractivity contribution >= 4 is 11.9 Å². The summed E-state index contributed by atoms with van der Waals surface area (Å²) in [7, 11) is 2.69. The van der Waals surface area contributed by atoms with Gasteiger partial charge in [0.15, 0.2) is 0 Å². The van der Waals surface area contributed by atoms with Crippen molar-refractivity contribution in [2.45, 2.75) is 10.8 Å². The molecule has 6 nitrogen and oxygen atoms in total. The molecule has 2 unspecified atom stereocenters. The van der Waals surface area contributed by atoms with Crippen LogP contribution in [0.1, 0.15) is 22.3 Å². The average Bonchev–Trinajstić information content (AvgIpc) is 3.37. The Labute approximate surface area is 196 Å². The topological polar surface area (TPSA) is 78.4 Å². The second-order valence-corrected chi connectivity index (χ2v) is 8.37. The largest absolute Gasteiger partial charge is 0.468 e. The maximum absolute atomic E-state index is 14.2. The van der Waals surface area contributed by atoms with Crippen LogP contribution in [0.25, 0.3) is 22.5 Å². The van der Waals surface area contributed by atoms with E-state index in [4.69, 9.17) is 9.47 Å². The highest BCUT2D eigenvalue weighted by molar-refractivity contribution is 6.11. The molecule has 34 heavy (non-hydrogen) atoms. The Hall–Kier alpha value is -4.32. The van der Waals surface area contributed by atoms with Gasteiger partial charge in [-0.2, -0.15) is 0 Å². The summed E-state index contributed by atoms with van der Waals surface area (Å²) >= 11 is 0. The number of aromatic nitrogens is 2. The van der Waals surface area contributed by atoms with Crippen molar-refractivity contribution in [1.82, 2.24) is 9.97 Å². The van der Waals surface area contributed by atoms with E-state index in [0.717, 1.165) is 11.1 Å². The number of carbonyl (C=O) groups is 2. The molecule has 2 atom stereocenters. The molecule has 0 saturated carbocycles. The Bertz CT molecular complexity index is 1290. The third kappa shape index (κ3) is 2.11. The summed E-state index contributed by atoms with van der Waals surface area (Å²) in [5.41, 5.74) is 2.16. The molecule has 2 aromatic carbocycles. The number of benzene rings is 2. The molecule has 2 aliphatic rings. The monoisotopic (exact) mass is 448 g/mol. The summed E-state index contributed by atoms with van der Waals surface area (Å²) in [5, 5.41) is 0. The Kier molecular flexibility index (Phi) is 4.23. The first-order valence-corrected chi connectivity index (χ1v) is 10.9. The number of esters is 2. The van der Waals surface area contributed by atoms with E-state index in [1.54, 1.807) is 24.5 Å². The van der Waals surface area contributed by atoms with Crippen molar-refractivity contribution in [3.63, 3.8) is 0 Å². The fourth-order valence-corrected chi connectivity index (χ4v) is 6.03. The summed E-state index contributed by atoms with van der Waals surface area (Å²) in [4.78, 5) is 37.7. The molecule has 0 saturated heterocycles. The van der Waals surface area contributed by atoms with Gasteiger partial charge >= 0.3 is 11.9 Å². The van der Waals surface area contributed by atoms with Crippen molar-refractivity contribution in [3.8, 4) is 22.5 Å². The molecule has 0 spiro atoms. The molecule has 0 N–H and O–H groups in total. The molecule has 0 radical (unpaired) electrons. The highest BCUT2D eigenvalue weighted by atomic mass is 16.5. The van der Waals surface area contributed by atoms with Gasteiger partial charge in [-0.25, -0.2) is 0 Å². The van der Waals surface area contributed by atoms with Gasteiger partial charge in [0.05, 0.1) is 25.6 Å². The molecule has 0 amide bonds. The minimum atomic E-state index is -1.58. The Morgan fingerprint density at radius 1 is 0.588 bits per heavy atom. The minimum Gasteiger partial charge on any atom is -0.468 e. The molecule has 2 aromatic heterocycles. The number of rotatable bonds is 3. The first-order valence-electron chi connectivity index (χ1n) is 10.9. The molecular weight excluding hydrogens is 428 g/mol. The fourth-order valence-electron chi connectivity index (χ4n) is 6.03. The van der Waals surface area contributed by atoms with Gasteiger partial charge in [0.2, 0.25) is 0 Å². The summed E-state index contributed by atoms with van der Waals surface area (Å²) in [6.45, 7) is 0. The zero-order chi connectivity index (χ0) is 23.5. The van der Waals surface area contributed by atoms with Gasteiger partial charge in [0.1, 0.15) is 10.8 Å². The Morgan fingerprint density at radius 2 is 0.971 bits per heavy atom. The van der Waals surface area contributed by atoms with Crippen LogP contribution >= 0.6 is 0 Å². The van der Waals surface area contributed by atoms with Crippen LogP contribution in [0.3, 0.4) is 0 Å². The van der Waals surface area contributed by atoms with Gasteiger partial charge in [0, 0.05) is 34.6 Å². The number of nitrogens with zero attached hydrogens (tertiary/aromatic N) is 2. The van der Waals surface area contributed by atoms with E-state index >= 15 is 0 Å². The van der Waals surface area contributed by atoms with E-state index in [0.29, 0.717) is 33.6 Å². The highest BCUT2D eigenvalue weighted by Gasteiger charge is 2.72. The highest BCUT2D eigenvalue weighted by Crippen LogP contribution is 2.65. The van der Waals surface area contributed by atoms with Crippen molar-refractivity contribution in [2.24, 2.45) is 0 Å². The number of methoxy groups -OCH3 is 2. The second-order valence-electron chi connectivity index (χ2n) is 8.37. The quantitative estimate of drug-likeness (QED) is 0.440.